The lowest BCUT2D eigenvalue weighted by Gasteiger charge is -2.27. The fourth-order valence-corrected chi connectivity index (χ4v) is 4.36. The molecule has 1 atom stereocenters. The van der Waals surface area contributed by atoms with Crippen molar-refractivity contribution in [2.45, 2.75) is 51.3 Å². The van der Waals surface area contributed by atoms with Gasteiger partial charge in [-0.1, -0.05) is 56.0 Å². The standard InChI is InChI=1S/C24H31N3O2S/c1-3-4-5-6-13-25-23(28)19-11-12-20-21(14-19)27-24(29)22(26-20)16-30-15-18-9-7-17(2)8-10-18/h7-12,14,22,26H,3-6,13,15-16H2,1-2H3,(H,25,28)(H,27,29). The molecule has 30 heavy (non-hydrogen) atoms. The van der Waals surface area contributed by atoms with Gasteiger partial charge in [-0.25, -0.2) is 0 Å². The van der Waals surface area contributed by atoms with Crippen LogP contribution in [0.25, 0.3) is 0 Å². The molecule has 5 nitrogen and oxygen atoms in total. The maximum Gasteiger partial charge on any atom is 0.251 e. The van der Waals surface area contributed by atoms with Crippen LogP contribution in [-0.4, -0.2) is 30.2 Å². The summed E-state index contributed by atoms with van der Waals surface area (Å²) in [6.07, 6.45) is 4.49. The molecule has 1 aliphatic heterocycles. The normalized spacial score (nSPS) is 15.1. The number of carbonyl (C=O) groups is 2. The predicted octanol–water partition coefficient (Wildman–Crippen LogP) is 4.97. The Morgan fingerprint density at radius 3 is 2.63 bits per heavy atom. The van der Waals surface area contributed by atoms with Crippen LogP contribution >= 0.6 is 11.8 Å². The second-order valence-corrected chi connectivity index (χ2v) is 8.79. The van der Waals surface area contributed by atoms with E-state index in [1.54, 1.807) is 23.9 Å². The van der Waals surface area contributed by atoms with Crippen LogP contribution in [0.15, 0.2) is 42.5 Å². The molecular formula is C24H31N3O2S. The largest absolute Gasteiger partial charge is 0.371 e. The Labute approximate surface area is 183 Å². The zero-order chi connectivity index (χ0) is 21.3. The molecule has 0 fully saturated rings. The smallest absolute Gasteiger partial charge is 0.251 e. The van der Waals surface area contributed by atoms with E-state index in [1.807, 2.05) is 6.07 Å². The fraction of sp³-hybridized carbons (Fsp3) is 0.417. The lowest BCUT2D eigenvalue weighted by Crippen LogP contribution is -2.40. The Bertz CT molecular complexity index is 867. The minimum absolute atomic E-state index is 0.0592. The van der Waals surface area contributed by atoms with Crippen molar-refractivity contribution in [3.63, 3.8) is 0 Å². The number of amides is 2. The summed E-state index contributed by atoms with van der Waals surface area (Å²) in [5.41, 5.74) is 4.60. The van der Waals surface area contributed by atoms with Gasteiger partial charge in [-0.15, -0.1) is 0 Å². The number of rotatable bonds is 10. The molecule has 0 aromatic heterocycles. The maximum atomic E-state index is 12.5. The Kier molecular flexibility index (Phi) is 8.20. The number of unbranched alkanes of at least 4 members (excludes halogenated alkanes) is 3. The second-order valence-electron chi connectivity index (χ2n) is 7.76. The Morgan fingerprint density at radius 1 is 1.07 bits per heavy atom. The fourth-order valence-electron chi connectivity index (χ4n) is 3.34. The minimum Gasteiger partial charge on any atom is -0.371 e. The molecule has 6 heteroatoms. The van der Waals surface area contributed by atoms with E-state index in [-0.39, 0.29) is 17.9 Å². The zero-order valence-electron chi connectivity index (χ0n) is 17.8. The highest BCUT2D eigenvalue weighted by Gasteiger charge is 2.26. The number of nitrogens with one attached hydrogen (secondary N) is 3. The molecule has 0 saturated carbocycles. The van der Waals surface area contributed by atoms with E-state index >= 15 is 0 Å². The first-order valence-corrected chi connectivity index (χ1v) is 11.8. The summed E-state index contributed by atoms with van der Waals surface area (Å²) in [6, 6.07) is 13.6. The Morgan fingerprint density at radius 2 is 1.87 bits per heavy atom. The summed E-state index contributed by atoms with van der Waals surface area (Å²) in [7, 11) is 0. The van der Waals surface area contributed by atoms with Crippen molar-refractivity contribution in [1.29, 1.82) is 0 Å². The molecule has 2 aromatic rings. The molecule has 3 N–H and O–H groups in total. The highest BCUT2D eigenvalue weighted by Crippen LogP contribution is 2.29. The first-order chi connectivity index (χ1) is 14.6. The number of carbonyl (C=O) groups excluding carboxylic acids is 2. The first-order valence-electron chi connectivity index (χ1n) is 10.7. The number of thioether (sulfide) groups is 1. The van der Waals surface area contributed by atoms with Crippen LogP contribution < -0.4 is 16.0 Å². The lowest BCUT2D eigenvalue weighted by molar-refractivity contribution is -0.116. The van der Waals surface area contributed by atoms with Crippen LogP contribution in [0.2, 0.25) is 0 Å². The van der Waals surface area contributed by atoms with E-state index in [0.29, 0.717) is 23.5 Å². The number of benzene rings is 2. The number of aryl methyl sites for hydroxylation is 1. The molecule has 1 heterocycles. The molecule has 3 rings (SSSR count). The Balaban J connectivity index is 1.50. The molecule has 0 radical (unpaired) electrons. The lowest BCUT2D eigenvalue weighted by atomic mass is 10.1. The van der Waals surface area contributed by atoms with Crippen molar-refractivity contribution in [2.24, 2.45) is 0 Å². The third-order valence-electron chi connectivity index (χ3n) is 5.18. The van der Waals surface area contributed by atoms with Crippen LogP contribution in [-0.2, 0) is 10.5 Å². The average Bonchev–Trinajstić information content (AvgIpc) is 2.75. The van der Waals surface area contributed by atoms with Gasteiger partial charge in [0.25, 0.3) is 5.91 Å². The van der Waals surface area contributed by atoms with Crippen molar-refractivity contribution in [3.05, 3.63) is 59.2 Å². The molecule has 0 spiro atoms. The van der Waals surface area contributed by atoms with Gasteiger partial charge in [-0.05, 0) is 37.1 Å². The van der Waals surface area contributed by atoms with Crippen LogP contribution in [0.1, 0.15) is 54.1 Å². The van der Waals surface area contributed by atoms with E-state index in [0.717, 1.165) is 24.3 Å². The van der Waals surface area contributed by atoms with Crippen molar-refractivity contribution in [3.8, 4) is 0 Å². The van der Waals surface area contributed by atoms with Crippen molar-refractivity contribution in [1.82, 2.24) is 5.32 Å². The van der Waals surface area contributed by atoms with Gasteiger partial charge in [-0.3, -0.25) is 9.59 Å². The molecule has 2 aromatic carbocycles. The molecule has 1 aliphatic rings. The average molecular weight is 426 g/mol. The van der Waals surface area contributed by atoms with E-state index in [4.69, 9.17) is 0 Å². The van der Waals surface area contributed by atoms with Gasteiger partial charge in [-0.2, -0.15) is 11.8 Å². The molecule has 0 aliphatic carbocycles. The number of hydrogen-bond acceptors (Lipinski definition) is 4. The SMILES string of the molecule is CCCCCCNC(=O)c1ccc2c(c1)NC(=O)C(CSCc1ccc(C)cc1)N2. The summed E-state index contributed by atoms with van der Waals surface area (Å²) in [6.45, 7) is 4.93. The predicted molar refractivity (Wildman–Crippen MR) is 126 cm³/mol. The van der Waals surface area contributed by atoms with Gasteiger partial charge >= 0.3 is 0 Å². The molecule has 0 bridgehead atoms. The summed E-state index contributed by atoms with van der Waals surface area (Å²) in [5.74, 6) is 1.39. The zero-order valence-corrected chi connectivity index (χ0v) is 18.6. The van der Waals surface area contributed by atoms with Gasteiger partial charge < -0.3 is 16.0 Å². The molecular weight excluding hydrogens is 394 g/mol. The molecule has 160 valence electrons. The van der Waals surface area contributed by atoms with E-state index < -0.39 is 0 Å². The van der Waals surface area contributed by atoms with E-state index in [2.05, 4.69) is 54.1 Å². The van der Waals surface area contributed by atoms with E-state index in [9.17, 15) is 9.59 Å². The summed E-state index contributed by atoms with van der Waals surface area (Å²) < 4.78 is 0. The van der Waals surface area contributed by atoms with Crippen LogP contribution in [0.4, 0.5) is 11.4 Å². The first kappa shape index (κ1) is 22.2. The van der Waals surface area contributed by atoms with Crippen LogP contribution in [0.5, 0.6) is 0 Å². The molecule has 0 saturated heterocycles. The molecule has 1 unspecified atom stereocenters. The Hall–Kier alpha value is -2.47. The highest BCUT2D eigenvalue weighted by molar-refractivity contribution is 7.98. The number of hydrogen-bond donors (Lipinski definition) is 3. The van der Waals surface area contributed by atoms with Crippen molar-refractivity contribution >= 4 is 35.0 Å². The summed E-state index contributed by atoms with van der Waals surface area (Å²) in [5, 5.41) is 9.22. The minimum atomic E-state index is -0.286. The third kappa shape index (κ3) is 6.26. The van der Waals surface area contributed by atoms with Gasteiger partial charge in [0.2, 0.25) is 5.91 Å². The highest BCUT2D eigenvalue weighted by atomic mass is 32.2. The van der Waals surface area contributed by atoms with Crippen LogP contribution in [0, 0.1) is 6.92 Å². The quantitative estimate of drug-likeness (QED) is 0.470. The summed E-state index contributed by atoms with van der Waals surface area (Å²) in [4.78, 5) is 24.9. The van der Waals surface area contributed by atoms with Gasteiger partial charge in [0.05, 0.1) is 11.4 Å². The summed E-state index contributed by atoms with van der Waals surface area (Å²) >= 11 is 1.73. The van der Waals surface area contributed by atoms with Crippen LogP contribution in [0.3, 0.4) is 0 Å². The van der Waals surface area contributed by atoms with Crippen molar-refractivity contribution in [2.75, 3.05) is 22.9 Å². The monoisotopic (exact) mass is 425 g/mol. The van der Waals surface area contributed by atoms with Gasteiger partial charge in [0.1, 0.15) is 6.04 Å². The third-order valence-corrected chi connectivity index (χ3v) is 6.28. The second kappa shape index (κ2) is 11.1. The van der Waals surface area contributed by atoms with E-state index in [1.165, 1.54) is 24.0 Å². The van der Waals surface area contributed by atoms with Gasteiger partial charge in [0.15, 0.2) is 0 Å². The molecule has 2 amide bonds. The number of fused-ring (bicyclic) bond motifs is 1. The number of anilines is 2. The maximum absolute atomic E-state index is 12.5. The topological polar surface area (TPSA) is 70.2 Å². The van der Waals surface area contributed by atoms with Crippen molar-refractivity contribution < 1.29 is 9.59 Å². The van der Waals surface area contributed by atoms with Gasteiger partial charge in [0, 0.05) is 23.6 Å².